The van der Waals surface area contributed by atoms with E-state index in [1.807, 2.05) is 31.2 Å². The molecule has 3 amide bonds. The maximum atomic E-state index is 14.3. The van der Waals surface area contributed by atoms with Crippen molar-refractivity contribution in [2.75, 3.05) is 87.0 Å². The number of nitrogens with two attached hydrogens (primary N) is 1. The molecule has 0 saturated carbocycles. The number of primary amides is 1. The summed E-state index contributed by atoms with van der Waals surface area (Å²) in [6.07, 6.45) is 8.14. The molecular weight excluding hydrogens is 1040 g/mol. The second-order valence-corrected chi connectivity index (χ2v) is 20.8. The van der Waals surface area contributed by atoms with Crippen LogP contribution in [0, 0.1) is 29.6 Å². The molecule has 2 aromatic carbocycles. The standard InChI is InChI=1S/C58H73N5O17/c1-30-21-37-49(40(64)27-39(51(37)66)61-55(67)31(2)11-10-12-41(71-5)52(79-57(59)69)33(4)23-32(3)50(65)45(22-30)73-7)60-15-16-62-17-19-63(20-18-62)58(70)80-53-36-26-44-43(77-29-78-44)25-35(36)47(48-38(53)28-76-56(48)68)34-13-14-42(72-6)54(75-9)46(24-34)74-8/h10-15,23-27,30,32,34,38,41,45,47-48,50,52-53,64-66H,16-22,28-29H2,1-9H3,(H2,59,69)(H,61,67)/b12-10?,31-11+,33-23?,60-15?. The van der Waals surface area contributed by atoms with E-state index in [1.165, 1.54) is 47.7 Å². The van der Waals surface area contributed by atoms with Gasteiger partial charge in [-0.15, -0.1) is 0 Å². The molecule has 6 aliphatic rings. The Kier molecular flexibility index (Phi) is 18.8. The minimum Gasteiger partial charge on any atom is -0.506 e. The lowest BCUT2D eigenvalue weighted by Crippen LogP contribution is -2.50. The quantitative estimate of drug-likeness (QED) is 0.0396. The third-order valence-electron chi connectivity index (χ3n) is 15.7. The van der Waals surface area contributed by atoms with Crippen molar-refractivity contribution >= 4 is 41.7 Å². The van der Waals surface area contributed by atoms with Crippen molar-refractivity contribution in [2.45, 2.75) is 77.0 Å². The summed E-state index contributed by atoms with van der Waals surface area (Å²) in [5, 5.41) is 37.7. The van der Waals surface area contributed by atoms with Crippen LogP contribution in [0.5, 0.6) is 23.0 Å². The van der Waals surface area contributed by atoms with Crippen LogP contribution >= 0.6 is 0 Å². The number of ether oxygens (including phenoxy) is 10. The molecule has 2 saturated heterocycles. The molecule has 22 heteroatoms. The molecule has 11 atom stereocenters. The average molecular weight is 1110 g/mol. The Labute approximate surface area is 465 Å². The highest BCUT2D eigenvalue weighted by Crippen LogP contribution is 2.56. The Balaban J connectivity index is 0.988. The first-order valence-electron chi connectivity index (χ1n) is 26.6. The van der Waals surface area contributed by atoms with Gasteiger partial charge in [0.1, 0.15) is 29.4 Å². The van der Waals surface area contributed by atoms with Crippen molar-refractivity contribution in [3.63, 3.8) is 0 Å². The second kappa shape index (κ2) is 25.7. The van der Waals surface area contributed by atoms with Crippen LogP contribution in [-0.2, 0) is 53.9 Å². The molecular formula is C58H73N5O17. The maximum Gasteiger partial charge on any atom is 0.410 e. The summed E-state index contributed by atoms with van der Waals surface area (Å²) in [7, 11) is 7.51. The Morgan fingerprint density at radius 3 is 2.26 bits per heavy atom. The lowest BCUT2D eigenvalue weighted by Gasteiger charge is -2.41. The number of fused-ring (bicyclic) bond motifs is 5. The molecule has 432 valence electrons. The number of carbonyl (C=O) groups excluding carboxylic acids is 4. The van der Waals surface area contributed by atoms with Gasteiger partial charge >= 0.3 is 18.2 Å². The summed E-state index contributed by atoms with van der Waals surface area (Å²) in [5.74, 6) is -2.26. The van der Waals surface area contributed by atoms with Crippen molar-refractivity contribution in [2.24, 2.45) is 40.3 Å². The minimum absolute atomic E-state index is 0.00963. The first kappa shape index (κ1) is 58.6. The fourth-order valence-corrected chi connectivity index (χ4v) is 11.5. The zero-order valence-corrected chi connectivity index (χ0v) is 46.5. The van der Waals surface area contributed by atoms with Crippen LogP contribution in [0.15, 0.2) is 94.1 Å². The minimum atomic E-state index is -1.03. The number of carbonyl (C=O) groups is 4. The van der Waals surface area contributed by atoms with E-state index in [0.717, 1.165) is 5.56 Å². The molecule has 0 radical (unpaired) electrons. The van der Waals surface area contributed by atoms with E-state index in [2.05, 4.69) is 10.2 Å². The topological polar surface area (TPSA) is 278 Å². The highest BCUT2D eigenvalue weighted by Gasteiger charge is 2.55. The van der Waals surface area contributed by atoms with Gasteiger partial charge in [-0.3, -0.25) is 19.5 Å². The molecule has 2 aromatic rings. The van der Waals surface area contributed by atoms with E-state index in [9.17, 15) is 34.5 Å². The van der Waals surface area contributed by atoms with Crippen LogP contribution in [-0.4, -0.2) is 161 Å². The summed E-state index contributed by atoms with van der Waals surface area (Å²) in [4.78, 5) is 62.0. The number of nitrogens with zero attached hydrogens (tertiary/aromatic N) is 3. The summed E-state index contributed by atoms with van der Waals surface area (Å²) in [6, 6.07) is 4.92. The van der Waals surface area contributed by atoms with Crippen LogP contribution in [0.3, 0.4) is 0 Å². The predicted octanol–water partition coefficient (Wildman–Crippen LogP) is 6.59. The van der Waals surface area contributed by atoms with Gasteiger partial charge < -0.3 is 78.6 Å². The number of hydrogen-bond acceptors (Lipinski definition) is 19. The van der Waals surface area contributed by atoms with Crippen LogP contribution in [0.1, 0.15) is 62.8 Å². The number of methoxy groups -OCH3 is 5. The molecule has 11 unspecified atom stereocenters. The summed E-state index contributed by atoms with van der Waals surface area (Å²) in [6.45, 7) is 8.83. The summed E-state index contributed by atoms with van der Waals surface area (Å²) in [5.41, 5.74) is 7.96. The number of benzene rings is 2. The number of aliphatic hydroxyl groups excluding tert-OH is 1. The van der Waals surface area contributed by atoms with E-state index in [1.54, 1.807) is 56.2 Å². The van der Waals surface area contributed by atoms with Crippen LogP contribution in [0.4, 0.5) is 21.0 Å². The monoisotopic (exact) mass is 1110 g/mol. The fourth-order valence-electron chi connectivity index (χ4n) is 11.5. The largest absolute Gasteiger partial charge is 0.506 e. The number of nitrogens with one attached hydrogen (secondary N) is 1. The summed E-state index contributed by atoms with van der Waals surface area (Å²) < 4.78 is 57.8. The number of amides is 3. The Morgan fingerprint density at radius 1 is 0.875 bits per heavy atom. The van der Waals surface area contributed by atoms with Crippen molar-refractivity contribution in [1.29, 1.82) is 0 Å². The Hall–Kier alpha value is -7.53. The lowest BCUT2D eigenvalue weighted by molar-refractivity contribution is -0.142. The van der Waals surface area contributed by atoms with E-state index >= 15 is 0 Å². The molecule has 4 aliphatic heterocycles. The molecule has 80 heavy (non-hydrogen) atoms. The van der Waals surface area contributed by atoms with Gasteiger partial charge in [0.25, 0.3) is 5.91 Å². The Bertz CT molecular complexity index is 2890. The SMILES string of the molecule is COC1=CC(C2c3cc4c(cc3C(OC(=O)N3CCN(CC=Nc5c(O)cc6c(O)c5CC(C)CC(OC)C(O)C(C)C=C(C)C(OC(N)=O)C(OC)C=C/C=C(\C)C(=O)N6)CC3)C3COC(=O)C32)OCO4)C=CC(OC)=C1OC. The van der Waals surface area contributed by atoms with E-state index in [0.29, 0.717) is 79.1 Å². The third-order valence-corrected chi connectivity index (χ3v) is 15.7. The van der Waals surface area contributed by atoms with Gasteiger partial charge in [-0.05, 0) is 68.0 Å². The zero-order valence-electron chi connectivity index (χ0n) is 46.5. The molecule has 0 spiro atoms. The molecule has 2 bridgehead atoms. The molecule has 2 aliphatic carbocycles. The number of anilines is 1. The number of hydrogen-bond donors (Lipinski definition) is 5. The number of esters is 1. The number of aromatic hydroxyl groups is 2. The summed E-state index contributed by atoms with van der Waals surface area (Å²) >= 11 is 0. The number of aliphatic hydroxyl groups is 1. The maximum absolute atomic E-state index is 14.3. The van der Waals surface area contributed by atoms with Gasteiger partial charge in [-0.2, -0.15) is 0 Å². The van der Waals surface area contributed by atoms with Crippen molar-refractivity contribution in [3.05, 3.63) is 106 Å². The van der Waals surface area contributed by atoms with Crippen molar-refractivity contribution in [1.82, 2.24) is 9.80 Å². The number of allylic oxidation sites excluding steroid dienone is 5. The van der Waals surface area contributed by atoms with Crippen LogP contribution < -0.4 is 20.5 Å². The van der Waals surface area contributed by atoms with Crippen LogP contribution in [0.2, 0.25) is 0 Å². The molecule has 8 rings (SSSR count). The predicted molar refractivity (Wildman–Crippen MR) is 291 cm³/mol. The molecule has 4 heterocycles. The van der Waals surface area contributed by atoms with E-state index < -0.39 is 84.2 Å². The fraction of sp³-hybridized carbons (Fsp3) is 0.500. The van der Waals surface area contributed by atoms with Gasteiger partial charge in [0.15, 0.2) is 29.1 Å². The second-order valence-electron chi connectivity index (χ2n) is 20.8. The first-order valence-corrected chi connectivity index (χ1v) is 26.6. The van der Waals surface area contributed by atoms with Gasteiger partial charge in [-0.1, -0.05) is 44.2 Å². The molecule has 0 aromatic heterocycles. The van der Waals surface area contributed by atoms with E-state index in [-0.39, 0.29) is 59.7 Å². The Morgan fingerprint density at radius 2 is 1.60 bits per heavy atom. The lowest BCUT2D eigenvalue weighted by atomic mass is 9.64. The number of rotatable bonds is 11. The van der Waals surface area contributed by atoms with Crippen molar-refractivity contribution < 1.29 is 81.9 Å². The molecule has 6 N–H and O–H groups in total. The van der Waals surface area contributed by atoms with Gasteiger partial charge in [0.2, 0.25) is 12.6 Å². The smallest absolute Gasteiger partial charge is 0.410 e. The number of phenols is 2. The number of aliphatic imine (C=N–C) groups is 1. The van der Waals surface area contributed by atoms with E-state index in [4.69, 9.17) is 58.1 Å². The van der Waals surface area contributed by atoms with Gasteiger partial charge in [0.05, 0.1) is 51.7 Å². The first-order chi connectivity index (χ1) is 38.4. The number of piperazine rings is 1. The van der Waals surface area contributed by atoms with Crippen molar-refractivity contribution in [3.8, 4) is 23.0 Å². The number of phenolic OH excluding ortho intramolecular Hbond substituents is 2. The third kappa shape index (κ3) is 12.6. The molecule has 22 nitrogen and oxygen atoms in total. The molecule has 2 fully saturated rings. The van der Waals surface area contributed by atoms with Crippen LogP contribution in [0.25, 0.3) is 0 Å². The zero-order chi connectivity index (χ0) is 57.5. The number of cyclic esters (lactones) is 1. The highest BCUT2D eigenvalue weighted by molar-refractivity contribution is 6.05. The highest BCUT2D eigenvalue weighted by atomic mass is 16.7. The van der Waals surface area contributed by atoms with Gasteiger partial charge in [0, 0.05) is 99.6 Å². The normalized spacial score (nSPS) is 29.1. The van der Waals surface area contributed by atoms with Gasteiger partial charge in [-0.25, -0.2) is 9.59 Å². The average Bonchev–Trinajstić information content (AvgIpc) is 4.16.